The Labute approximate surface area is 553 Å². The molecule has 489 valence electrons. The summed E-state index contributed by atoms with van der Waals surface area (Å²) in [5.74, 6) is -0.133. The van der Waals surface area contributed by atoms with Gasteiger partial charge >= 0.3 is 43.6 Å². The van der Waals surface area contributed by atoms with Gasteiger partial charge in [0.15, 0.2) is 0 Å². The quantitative estimate of drug-likeness (QED) is 0.0103. The SMILES string of the molecule is CC(=O)Nc1sc2c(c1-c1nc3ccccc3s1)CCNC2.CC(=O)Nc1sc2cnccc2c1-c1nc2ccccc2s1.CCOOOSC(F)(F)F.CC[NH+]1CCc2c(sc(NC(C)=O)c2-c2nc3ccccc3s2)C1.O=S(=O)(O)C(F)(F)F.[2H]CC.[O]=[Mn]=[O]. The Morgan fingerprint density at radius 3 is 1.57 bits per heavy atom. The number of aromatic nitrogens is 4. The summed E-state index contributed by atoms with van der Waals surface area (Å²) in [6, 6.07) is 26.4. The molecule has 9 heterocycles. The zero-order valence-electron chi connectivity index (χ0n) is 49.8. The number of rotatable bonds is 11. The second-order valence-corrected chi connectivity index (χ2v) is 27.1. The van der Waals surface area contributed by atoms with Crippen LogP contribution in [-0.4, -0.2) is 87.9 Å². The van der Waals surface area contributed by atoms with Crippen molar-refractivity contribution in [2.24, 2.45) is 0 Å². The van der Waals surface area contributed by atoms with Crippen molar-refractivity contribution >= 4 is 164 Å². The summed E-state index contributed by atoms with van der Waals surface area (Å²) < 4.78 is 122. The summed E-state index contributed by atoms with van der Waals surface area (Å²) in [5.41, 5.74) is -0.980. The van der Waals surface area contributed by atoms with E-state index >= 15 is 0 Å². The third kappa shape index (κ3) is 21.0. The molecule has 0 radical (unpaired) electrons. The molecule has 1 atom stereocenters. The van der Waals surface area contributed by atoms with Crippen molar-refractivity contribution in [3.8, 4) is 31.7 Å². The number of nitrogens with one attached hydrogen (secondary N) is 5. The van der Waals surface area contributed by atoms with Gasteiger partial charge in [-0.15, -0.1) is 72.4 Å². The molecule has 3 aromatic carbocycles. The summed E-state index contributed by atoms with van der Waals surface area (Å²) >= 11 is 7.75. The summed E-state index contributed by atoms with van der Waals surface area (Å²) in [4.78, 5) is 61.5. The molecule has 0 bridgehead atoms. The normalized spacial score (nSPS) is 13.5. The molecule has 2 aliphatic heterocycles. The predicted octanol–water partition coefficient (Wildman–Crippen LogP) is 14.3. The van der Waals surface area contributed by atoms with Gasteiger partial charge in [-0.3, -0.25) is 23.9 Å². The Bertz CT molecular complexity index is 4170. The van der Waals surface area contributed by atoms with Gasteiger partial charge in [0.2, 0.25) is 17.7 Å². The van der Waals surface area contributed by atoms with Crippen LogP contribution in [0.2, 0.25) is 0 Å². The number of thiophene rings is 3. The Morgan fingerprint density at radius 1 is 0.703 bits per heavy atom. The van der Waals surface area contributed by atoms with Crippen molar-refractivity contribution in [3.63, 3.8) is 0 Å². The molecular formula is C56H58F6MnN9O11S8+. The van der Waals surface area contributed by atoms with Gasteiger partial charge in [-0.25, -0.2) is 19.8 Å². The van der Waals surface area contributed by atoms with Gasteiger partial charge in [0.25, 0.3) is 0 Å². The van der Waals surface area contributed by atoms with Crippen molar-refractivity contribution in [1.82, 2.24) is 25.3 Å². The fourth-order valence-electron chi connectivity index (χ4n) is 8.59. The molecule has 0 saturated heterocycles. The van der Waals surface area contributed by atoms with Crippen LogP contribution in [0.25, 0.3) is 72.4 Å². The molecule has 2 aliphatic rings. The molecule has 0 fully saturated rings. The molecule has 35 heteroatoms. The average Bonchev–Trinajstić information content (AvgIpc) is 1.65. The zero-order chi connectivity index (χ0) is 67.3. The van der Waals surface area contributed by atoms with Crippen LogP contribution in [0.15, 0.2) is 91.3 Å². The Morgan fingerprint density at radius 2 is 1.14 bits per heavy atom. The van der Waals surface area contributed by atoms with Crippen LogP contribution in [0.5, 0.6) is 0 Å². The number of hydrogen-bond acceptors (Lipinski definition) is 22. The van der Waals surface area contributed by atoms with Crippen LogP contribution >= 0.6 is 80.1 Å². The van der Waals surface area contributed by atoms with E-state index in [0.717, 1.165) is 124 Å². The van der Waals surface area contributed by atoms with Crippen molar-refractivity contribution in [2.45, 2.75) is 85.4 Å². The standard InChI is InChI=1S/C18H19N3OS2.C16H15N3OS2.C16H11N3OS2.C3H5F3O3S.C2H6.CHF3O3S.Mn.2O/c1-3-21-9-8-12-15(10-21)24-17(19-11(2)22)16(12)18-20-13-6-4-5-7-14(13)23-18;2*1-9(20)18-15-14(10-6-7-17-8-13(10)22-15)16-19-11-4-2-3-5-12(11)21-16;1-2-7-8-9-10-3(4,5)6;1-2;2-1(3,4)8(5,6)7;;;/h4-7H,3,8-10H2,1-2H3,(H,19,22);2-5,17H,6-8H2,1H3,(H,18,20);2-8H,1H3,(H,18,20);2H2,1H3;1-2H3;(H,5,6,7);;;/p+1/i;;;;1D;;;;. The van der Waals surface area contributed by atoms with Crippen LogP contribution in [0.4, 0.5) is 41.3 Å². The second kappa shape index (κ2) is 34.8. The van der Waals surface area contributed by atoms with Gasteiger partial charge in [-0.2, -0.15) is 34.8 Å². The molecule has 6 N–H and O–H groups in total. The van der Waals surface area contributed by atoms with Crippen LogP contribution in [0.3, 0.4) is 0 Å². The summed E-state index contributed by atoms with van der Waals surface area (Å²) in [7, 11) is -5.84. The molecule has 3 amide bonds. The van der Waals surface area contributed by atoms with E-state index in [-0.39, 0.29) is 24.3 Å². The molecule has 12 rings (SSSR count). The minimum absolute atomic E-state index is 0.0179. The average molecular weight is 1460 g/mol. The maximum absolute atomic E-state index is 11.7. The van der Waals surface area contributed by atoms with E-state index < -0.39 is 48.0 Å². The van der Waals surface area contributed by atoms with E-state index in [1.165, 1.54) is 48.5 Å². The van der Waals surface area contributed by atoms with Gasteiger partial charge in [-0.05, 0) is 80.4 Å². The number of thiazole rings is 3. The molecule has 20 nitrogen and oxygen atoms in total. The zero-order valence-corrected chi connectivity index (χ0v) is 56.5. The number of para-hydroxylation sites is 3. The number of likely N-dealkylation sites (N-methyl/N-ethyl adjacent to an activating group) is 1. The second-order valence-electron chi connectivity index (χ2n) is 18.4. The van der Waals surface area contributed by atoms with Gasteiger partial charge in [0.05, 0.1) is 65.5 Å². The molecule has 1 unspecified atom stereocenters. The van der Waals surface area contributed by atoms with Crippen LogP contribution in [-0.2, 0) is 87.2 Å². The maximum atomic E-state index is 11.7. The number of benzene rings is 3. The molecule has 0 saturated carbocycles. The van der Waals surface area contributed by atoms with Gasteiger partial charge in [0.1, 0.15) is 48.6 Å². The van der Waals surface area contributed by atoms with Crippen LogP contribution in [0, 0.1) is 0 Å². The first kappa shape index (κ1) is 72.4. The van der Waals surface area contributed by atoms with Crippen LogP contribution in [0.1, 0.15) is 70.7 Å². The summed E-state index contributed by atoms with van der Waals surface area (Å²) in [5, 5.41) is 22.7. The molecule has 10 aromatic rings. The molecule has 0 spiro atoms. The fraction of sp³-hybridized carbons (Fsp3) is 0.304. The molecule has 7 aromatic heterocycles. The number of alkyl halides is 6. The fourth-order valence-corrected chi connectivity index (χ4v) is 15.8. The molecular weight excluding hydrogens is 1400 g/mol. The first-order chi connectivity index (χ1) is 43.7. The van der Waals surface area contributed by atoms with E-state index in [1.54, 1.807) is 95.5 Å². The van der Waals surface area contributed by atoms with Gasteiger partial charge in [-0.1, -0.05) is 55.3 Å². The Hall–Kier alpha value is -5.99. The number of quaternary nitrogens is 1. The van der Waals surface area contributed by atoms with Crippen LogP contribution < -0.4 is 26.2 Å². The Kier molecular flexibility index (Phi) is 27.7. The van der Waals surface area contributed by atoms with E-state index in [1.807, 2.05) is 60.8 Å². The number of anilines is 3. The number of carbonyl (C=O) groups excluding carboxylic acids is 3. The number of amides is 3. The number of fused-ring (bicyclic) bond motifs is 6. The summed E-state index contributed by atoms with van der Waals surface area (Å²) in [6.45, 7) is 16.0. The monoisotopic (exact) mass is 1460 g/mol. The number of nitrogens with zero attached hydrogens (tertiary/aromatic N) is 4. The van der Waals surface area contributed by atoms with Gasteiger partial charge < -0.3 is 26.2 Å². The van der Waals surface area contributed by atoms with Crippen molar-refractivity contribution in [1.29, 1.82) is 0 Å². The number of pyridine rings is 1. The number of carbonyl (C=O) groups is 3. The molecule has 0 aliphatic carbocycles. The topological polar surface area (TPSA) is 272 Å². The number of halogens is 6. The van der Waals surface area contributed by atoms with E-state index in [4.69, 9.17) is 37.0 Å². The predicted molar refractivity (Wildman–Crippen MR) is 344 cm³/mol. The van der Waals surface area contributed by atoms with Crippen molar-refractivity contribution < 1.29 is 96.7 Å². The first-order valence-corrected chi connectivity index (χ1v) is 34.8. The van der Waals surface area contributed by atoms with E-state index in [2.05, 4.69) is 71.7 Å². The third-order valence-corrected chi connectivity index (χ3v) is 19.6. The van der Waals surface area contributed by atoms with E-state index in [0.29, 0.717) is 6.90 Å². The number of hydrogen-bond donors (Lipinski definition) is 6. The Balaban J connectivity index is 0.000000187. The van der Waals surface area contributed by atoms with E-state index in [9.17, 15) is 40.7 Å². The molecule has 91 heavy (non-hydrogen) atoms. The van der Waals surface area contributed by atoms with Gasteiger partial charge in [0, 0.05) is 68.9 Å². The third-order valence-electron chi connectivity index (χ3n) is 12.2. The minimum atomic E-state index is -5.84. The summed E-state index contributed by atoms with van der Waals surface area (Å²) in [6.07, 6.45) is 5.63. The first-order valence-electron chi connectivity index (χ1n) is 27.5. The van der Waals surface area contributed by atoms with Crippen molar-refractivity contribution in [2.75, 3.05) is 42.2 Å². The van der Waals surface area contributed by atoms with Crippen molar-refractivity contribution in [3.05, 3.63) is 112 Å².